The highest BCUT2D eigenvalue weighted by molar-refractivity contribution is 6.33. The summed E-state index contributed by atoms with van der Waals surface area (Å²) in [6.45, 7) is 1.82. The Bertz CT molecular complexity index is 1120. The fourth-order valence-corrected chi connectivity index (χ4v) is 2.92. The second-order valence-electron chi connectivity index (χ2n) is 5.62. The third-order valence-electron chi connectivity index (χ3n) is 3.87. The van der Waals surface area contributed by atoms with Gasteiger partial charge in [-0.2, -0.15) is 4.99 Å². The lowest BCUT2D eigenvalue weighted by atomic mass is 9.97. The number of nitrogens with zero attached hydrogens (tertiary/aromatic N) is 2. The van der Waals surface area contributed by atoms with Gasteiger partial charge in [0, 0.05) is 27.7 Å². The fourth-order valence-electron chi connectivity index (χ4n) is 2.70. The minimum atomic E-state index is -0.564. The number of halogens is 2. The van der Waals surface area contributed by atoms with Gasteiger partial charge in [0.15, 0.2) is 5.84 Å². The zero-order valence-electron chi connectivity index (χ0n) is 13.8. The third-order valence-corrected chi connectivity index (χ3v) is 4.20. The Kier molecular flexibility index (Phi) is 4.70. The number of amidine groups is 1. The molecule has 0 aliphatic carbocycles. The number of carbonyl (C=O) groups excluding carboxylic acids is 1. The molecule has 2 aromatic carbocycles. The van der Waals surface area contributed by atoms with Crippen LogP contribution in [0.25, 0.3) is 22.0 Å². The Balaban J connectivity index is 2.28. The van der Waals surface area contributed by atoms with Gasteiger partial charge in [0.05, 0.1) is 5.52 Å². The van der Waals surface area contributed by atoms with Gasteiger partial charge in [0.25, 0.3) is 5.91 Å². The molecule has 0 atom stereocenters. The summed E-state index contributed by atoms with van der Waals surface area (Å²) in [7, 11) is 0. The molecule has 0 unspecified atom stereocenters. The molecule has 0 fully saturated rings. The van der Waals surface area contributed by atoms with Gasteiger partial charge >= 0.3 is 0 Å². The molecular formula is C20H13ClFN3O. The summed E-state index contributed by atoms with van der Waals surface area (Å²) in [4.78, 5) is 20.3. The standard InChI is InChI=1S/C20H13ClFN3O/c1-3-18(23)25-20(26)12-8-11(2)19-16(9-12)14(6-7-24-19)15-10-13(22)4-5-17(15)21/h1,4-10H,2H3,(H2,23,25,26). The van der Waals surface area contributed by atoms with E-state index in [-0.39, 0.29) is 5.84 Å². The fraction of sp³-hybridized carbons (Fsp3) is 0.0500. The highest BCUT2D eigenvalue weighted by atomic mass is 35.5. The van der Waals surface area contributed by atoms with Crippen molar-refractivity contribution in [3.8, 4) is 23.5 Å². The molecule has 0 bridgehead atoms. The van der Waals surface area contributed by atoms with Crippen molar-refractivity contribution in [1.82, 2.24) is 4.98 Å². The van der Waals surface area contributed by atoms with Crippen LogP contribution in [0.5, 0.6) is 0 Å². The maximum absolute atomic E-state index is 13.7. The molecule has 0 aliphatic rings. The summed E-state index contributed by atoms with van der Waals surface area (Å²) in [6, 6.07) is 9.11. The number of hydrogen-bond acceptors (Lipinski definition) is 2. The summed E-state index contributed by atoms with van der Waals surface area (Å²) in [5.74, 6) is 0.926. The minimum absolute atomic E-state index is 0.202. The smallest absolute Gasteiger partial charge is 0.279 e. The number of nitrogens with two attached hydrogens (primary N) is 1. The van der Waals surface area contributed by atoms with E-state index in [2.05, 4.69) is 15.9 Å². The van der Waals surface area contributed by atoms with E-state index < -0.39 is 11.7 Å². The Morgan fingerprint density at radius 3 is 2.77 bits per heavy atom. The van der Waals surface area contributed by atoms with E-state index in [0.717, 1.165) is 5.56 Å². The summed E-state index contributed by atoms with van der Waals surface area (Å²) >= 11 is 6.25. The van der Waals surface area contributed by atoms with Crippen molar-refractivity contribution in [1.29, 1.82) is 0 Å². The lowest BCUT2D eigenvalue weighted by Gasteiger charge is -2.11. The number of hydrogen-bond donors (Lipinski definition) is 1. The average Bonchev–Trinajstić information content (AvgIpc) is 2.63. The van der Waals surface area contributed by atoms with Crippen molar-refractivity contribution in [3.05, 3.63) is 64.6 Å². The van der Waals surface area contributed by atoms with E-state index in [1.807, 2.05) is 6.92 Å². The number of carbonyl (C=O) groups is 1. The first-order valence-corrected chi connectivity index (χ1v) is 7.98. The van der Waals surface area contributed by atoms with Gasteiger partial charge in [0.1, 0.15) is 5.82 Å². The predicted molar refractivity (Wildman–Crippen MR) is 102 cm³/mol. The molecule has 1 amide bonds. The Labute approximate surface area is 154 Å². The van der Waals surface area contributed by atoms with Crippen LogP contribution in [0.2, 0.25) is 5.02 Å². The van der Waals surface area contributed by atoms with Crippen molar-refractivity contribution in [3.63, 3.8) is 0 Å². The van der Waals surface area contributed by atoms with Gasteiger partial charge in [-0.25, -0.2) is 4.39 Å². The molecular weight excluding hydrogens is 353 g/mol. The second kappa shape index (κ2) is 6.95. The topological polar surface area (TPSA) is 68.3 Å². The van der Waals surface area contributed by atoms with E-state index in [1.54, 1.807) is 24.4 Å². The van der Waals surface area contributed by atoms with E-state index in [4.69, 9.17) is 23.8 Å². The molecule has 1 heterocycles. The number of benzene rings is 2. The van der Waals surface area contributed by atoms with Crippen LogP contribution >= 0.6 is 11.6 Å². The van der Waals surface area contributed by atoms with Crippen LogP contribution in [0.15, 0.2) is 47.6 Å². The zero-order valence-corrected chi connectivity index (χ0v) is 14.5. The third kappa shape index (κ3) is 3.28. The summed E-state index contributed by atoms with van der Waals surface area (Å²) in [5, 5.41) is 1.04. The first-order chi connectivity index (χ1) is 12.4. The summed E-state index contributed by atoms with van der Waals surface area (Å²) < 4.78 is 13.7. The number of amides is 1. The lowest BCUT2D eigenvalue weighted by Crippen LogP contribution is -2.11. The first-order valence-electron chi connectivity index (χ1n) is 7.60. The molecule has 0 aliphatic heterocycles. The average molecular weight is 366 g/mol. The van der Waals surface area contributed by atoms with Gasteiger partial charge in [-0.15, -0.1) is 6.42 Å². The monoisotopic (exact) mass is 365 g/mol. The molecule has 26 heavy (non-hydrogen) atoms. The number of aryl methyl sites for hydroxylation is 1. The predicted octanol–water partition coefficient (Wildman–Crippen LogP) is 4.13. The van der Waals surface area contributed by atoms with Gasteiger partial charge < -0.3 is 5.73 Å². The molecule has 3 rings (SSSR count). The van der Waals surface area contributed by atoms with E-state index in [1.165, 1.54) is 18.2 Å². The van der Waals surface area contributed by atoms with Gasteiger partial charge in [-0.3, -0.25) is 9.78 Å². The minimum Gasteiger partial charge on any atom is -0.376 e. The molecule has 4 nitrogen and oxygen atoms in total. The van der Waals surface area contributed by atoms with Gasteiger partial charge in [-0.1, -0.05) is 11.6 Å². The van der Waals surface area contributed by atoms with E-state index in [0.29, 0.717) is 32.6 Å². The van der Waals surface area contributed by atoms with Gasteiger partial charge in [-0.05, 0) is 60.4 Å². The van der Waals surface area contributed by atoms with Crippen LogP contribution in [-0.2, 0) is 0 Å². The molecule has 3 aromatic rings. The summed E-state index contributed by atoms with van der Waals surface area (Å²) in [6.07, 6.45) is 6.74. The van der Waals surface area contributed by atoms with Crippen molar-refractivity contribution >= 4 is 34.2 Å². The molecule has 1 aromatic heterocycles. The van der Waals surface area contributed by atoms with Crippen molar-refractivity contribution in [2.75, 3.05) is 0 Å². The molecule has 0 radical (unpaired) electrons. The number of aromatic nitrogens is 1. The zero-order chi connectivity index (χ0) is 18.8. The summed E-state index contributed by atoms with van der Waals surface area (Å²) in [5.41, 5.74) is 8.34. The van der Waals surface area contributed by atoms with Crippen molar-refractivity contribution < 1.29 is 9.18 Å². The lowest BCUT2D eigenvalue weighted by molar-refractivity contribution is 0.100. The Morgan fingerprint density at radius 2 is 2.04 bits per heavy atom. The largest absolute Gasteiger partial charge is 0.376 e. The highest BCUT2D eigenvalue weighted by Crippen LogP contribution is 2.34. The van der Waals surface area contributed by atoms with Crippen LogP contribution < -0.4 is 5.73 Å². The van der Waals surface area contributed by atoms with E-state index >= 15 is 0 Å². The molecule has 0 spiro atoms. The van der Waals surface area contributed by atoms with Crippen LogP contribution in [0.4, 0.5) is 4.39 Å². The molecule has 6 heteroatoms. The maximum Gasteiger partial charge on any atom is 0.279 e. The normalized spacial score (nSPS) is 11.4. The number of rotatable bonds is 2. The molecule has 2 N–H and O–H groups in total. The number of terminal acetylenes is 1. The molecule has 0 saturated heterocycles. The second-order valence-corrected chi connectivity index (χ2v) is 6.03. The van der Waals surface area contributed by atoms with Crippen LogP contribution in [-0.4, -0.2) is 16.7 Å². The SMILES string of the molecule is C#C/C(N)=N\C(=O)c1cc(C)c2nccc(-c3cc(F)ccc3Cl)c2c1. The van der Waals surface area contributed by atoms with E-state index in [9.17, 15) is 9.18 Å². The molecule has 128 valence electrons. The quantitative estimate of drug-likeness (QED) is 0.421. The van der Waals surface area contributed by atoms with Crippen molar-refractivity contribution in [2.24, 2.45) is 10.7 Å². The highest BCUT2D eigenvalue weighted by Gasteiger charge is 2.14. The van der Waals surface area contributed by atoms with Crippen molar-refractivity contribution in [2.45, 2.75) is 6.92 Å². The van der Waals surface area contributed by atoms with Crippen LogP contribution in [0.1, 0.15) is 15.9 Å². The number of pyridine rings is 1. The molecule has 0 saturated carbocycles. The first kappa shape index (κ1) is 17.6. The number of aliphatic imine (C=N–C) groups is 1. The van der Waals surface area contributed by atoms with Crippen LogP contribution in [0, 0.1) is 25.1 Å². The Morgan fingerprint density at radius 1 is 1.27 bits per heavy atom. The van der Waals surface area contributed by atoms with Gasteiger partial charge in [0.2, 0.25) is 0 Å². The Hall–Kier alpha value is -3.23. The van der Waals surface area contributed by atoms with Crippen LogP contribution in [0.3, 0.4) is 0 Å². The number of fused-ring (bicyclic) bond motifs is 1. The maximum atomic E-state index is 13.7.